The van der Waals surface area contributed by atoms with Crippen molar-refractivity contribution in [3.8, 4) is 0 Å². The van der Waals surface area contributed by atoms with Crippen LogP contribution < -0.4 is 10.6 Å². The smallest absolute Gasteiger partial charge is 0.295 e. The molecular formula is C13H17BrFN3O2. The second-order valence-corrected chi connectivity index (χ2v) is 6.08. The Kier molecular flexibility index (Phi) is 4.59. The zero-order valence-corrected chi connectivity index (χ0v) is 12.8. The van der Waals surface area contributed by atoms with E-state index in [4.69, 9.17) is 5.73 Å². The van der Waals surface area contributed by atoms with Crippen molar-refractivity contribution in [2.24, 2.45) is 11.7 Å². The van der Waals surface area contributed by atoms with Crippen molar-refractivity contribution in [1.82, 2.24) is 0 Å². The van der Waals surface area contributed by atoms with E-state index in [0.29, 0.717) is 24.7 Å². The van der Waals surface area contributed by atoms with Crippen LogP contribution in [0.25, 0.3) is 0 Å². The highest BCUT2D eigenvalue weighted by Crippen LogP contribution is 2.37. The number of benzene rings is 1. The molecule has 0 saturated carbocycles. The fraction of sp³-hybridized carbons (Fsp3) is 0.538. The normalized spacial score (nSPS) is 22.9. The van der Waals surface area contributed by atoms with Crippen LogP contribution in [0.2, 0.25) is 0 Å². The number of piperidine rings is 1. The van der Waals surface area contributed by atoms with E-state index in [9.17, 15) is 14.5 Å². The van der Waals surface area contributed by atoms with Crippen LogP contribution in [0.4, 0.5) is 15.8 Å². The van der Waals surface area contributed by atoms with E-state index in [1.807, 2.05) is 4.90 Å². The van der Waals surface area contributed by atoms with Gasteiger partial charge in [-0.2, -0.15) is 0 Å². The first-order valence-corrected chi connectivity index (χ1v) is 7.33. The summed E-state index contributed by atoms with van der Waals surface area (Å²) < 4.78 is 13.8. The van der Waals surface area contributed by atoms with Gasteiger partial charge in [-0.15, -0.1) is 0 Å². The van der Waals surface area contributed by atoms with Crippen LogP contribution in [0.3, 0.4) is 0 Å². The summed E-state index contributed by atoms with van der Waals surface area (Å²) in [7, 11) is 0. The molecule has 2 unspecified atom stereocenters. The Balaban J connectivity index is 2.45. The Hall–Kier alpha value is -1.21. The van der Waals surface area contributed by atoms with Crippen molar-refractivity contribution in [1.29, 1.82) is 0 Å². The number of nitro groups is 1. The molecule has 1 aromatic carbocycles. The third kappa shape index (κ3) is 2.93. The van der Waals surface area contributed by atoms with Crippen molar-refractivity contribution in [3.05, 3.63) is 32.5 Å². The molecule has 0 spiro atoms. The maximum absolute atomic E-state index is 13.5. The van der Waals surface area contributed by atoms with Gasteiger partial charge in [-0.3, -0.25) is 10.1 Å². The Bertz CT molecular complexity index is 527. The number of rotatable bonds is 3. The van der Waals surface area contributed by atoms with Gasteiger partial charge in [-0.1, -0.05) is 6.92 Å². The third-order valence-corrected chi connectivity index (χ3v) is 4.38. The molecule has 1 aliphatic rings. The topological polar surface area (TPSA) is 72.4 Å². The largest absolute Gasteiger partial charge is 0.362 e. The molecule has 1 aromatic rings. The number of hydrogen-bond donors (Lipinski definition) is 1. The molecule has 110 valence electrons. The minimum atomic E-state index is -0.630. The van der Waals surface area contributed by atoms with E-state index >= 15 is 0 Å². The zero-order valence-electron chi connectivity index (χ0n) is 11.2. The van der Waals surface area contributed by atoms with Crippen LogP contribution in [0.1, 0.15) is 19.8 Å². The van der Waals surface area contributed by atoms with Gasteiger partial charge < -0.3 is 10.6 Å². The van der Waals surface area contributed by atoms with Crippen molar-refractivity contribution in [3.63, 3.8) is 0 Å². The number of nitrogens with zero attached hydrogens (tertiary/aromatic N) is 2. The van der Waals surface area contributed by atoms with Gasteiger partial charge in [0.05, 0.1) is 15.5 Å². The number of halogens is 2. The first kappa shape index (κ1) is 15.2. The summed E-state index contributed by atoms with van der Waals surface area (Å²) in [5.74, 6) is -0.0853. The highest BCUT2D eigenvalue weighted by atomic mass is 79.9. The lowest BCUT2D eigenvalue weighted by Crippen LogP contribution is -2.46. The first-order valence-electron chi connectivity index (χ1n) is 6.54. The SMILES string of the molecule is CC1CCN(c2cc(Br)c(F)cc2[N+](=O)[O-])C(CN)C1. The Morgan fingerprint density at radius 3 is 2.90 bits per heavy atom. The molecule has 7 heteroatoms. The van der Waals surface area contributed by atoms with Crippen molar-refractivity contribution in [2.45, 2.75) is 25.8 Å². The average Bonchev–Trinajstić information content (AvgIpc) is 2.41. The Morgan fingerprint density at radius 1 is 1.60 bits per heavy atom. The fourth-order valence-electron chi connectivity index (χ4n) is 2.69. The predicted octanol–water partition coefficient (Wildman–Crippen LogP) is 3.06. The van der Waals surface area contributed by atoms with Crippen molar-refractivity contribution in [2.75, 3.05) is 18.0 Å². The van der Waals surface area contributed by atoms with Crippen LogP contribution in [-0.2, 0) is 0 Å². The summed E-state index contributed by atoms with van der Waals surface area (Å²) in [6.45, 7) is 3.27. The highest BCUT2D eigenvalue weighted by Gasteiger charge is 2.30. The zero-order chi connectivity index (χ0) is 14.9. The minimum Gasteiger partial charge on any atom is -0.362 e. The number of anilines is 1. The summed E-state index contributed by atoms with van der Waals surface area (Å²) in [5, 5.41) is 11.2. The molecular weight excluding hydrogens is 329 g/mol. The van der Waals surface area contributed by atoms with Crippen LogP contribution in [-0.4, -0.2) is 24.1 Å². The van der Waals surface area contributed by atoms with E-state index in [0.717, 1.165) is 18.9 Å². The van der Waals surface area contributed by atoms with Gasteiger partial charge in [0.15, 0.2) is 0 Å². The monoisotopic (exact) mass is 345 g/mol. The van der Waals surface area contributed by atoms with Gasteiger partial charge in [0.2, 0.25) is 0 Å². The van der Waals surface area contributed by atoms with Crippen LogP contribution >= 0.6 is 15.9 Å². The first-order chi connectivity index (χ1) is 9.43. The fourth-order valence-corrected chi connectivity index (χ4v) is 3.03. The molecule has 1 saturated heterocycles. The molecule has 1 aliphatic heterocycles. The van der Waals surface area contributed by atoms with Gasteiger partial charge in [-0.25, -0.2) is 4.39 Å². The molecule has 20 heavy (non-hydrogen) atoms. The molecule has 0 radical (unpaired) electrons. The van der Waals surface area contributed by atoms with Gasteiger partial charge in [-0.05, 0) is 40.8 Å². The average molecular weight is 346 g/mol. The van der Waals surface area contributed by atoms with E-state index in [1.165, 1.54) is 6.07 Å². The molecule has 2 N–H and O–H groups in total. The Morgan fingerprint density at radius 2 is 2.30 bits per heavy atom. The lowest BCUT2D eigenvalue weighted by atomic mass is 9.92. The molecule has 0 bridgehead atoms. The summed E-state index contributed by atoms with van der Waals surface area (Å²) >= 11 is 3.09. The molecule has 2 rings (SSSR count). The highest BCUT2D eigenvalue weighted by molar-refractivity contribution is 9.10. The molecule has 2 atom stereocenters. The van der Waals surface area contributed by atoms with Crippen LogP contribution in [0.15, 0.2) is 16.6 Å². The van der Waals surface area contributed by atoms with Crippen molar-refractivity contribution >= 4 is 27.3 Å². The van der Waals surface area contributed by atoms with Crippen LogP contribution in [0.5, 0.6) is 0 Å². The molecule has 0 aromatic heterocycles. The summed E-state index contributed by atoms with van der Waals surface area (Å²) in [4.78, 5) is 12.5. The molecule has 5 nitrogen and oxygen atoms in total. The molecule has 0 aliphatic carbocycles. The van der Waals surface area contributed by atoms with E-state index < -0.39 is 10.7 Å². The predicted molar refractivity (Wildman–Crippen MR) is 79.3 cm³/mol. The maximum atomic E-state index is 13.5. The second-order valence-electron chi connectivity index (χ2n) is 5.22. The van der Waals surface area contributed by atoms with Gasteiger partial charge >= 0.3 is 0 Å². The Labute approximate surface area is 125 Å². The number of hydrogen-bond acceptors (Lipinski definition) is 4. The molecule has 0 amide bonds. The second kappa shape index (κ2) is 6.05. The molecule has 1 fully saturated rings. The lowest BCUT2D eigenvalue weighted by molar-refractivity contribution is -0.384. The van der Waals surface area contributed by atoms with E-state index in [-0.39, 0.29) is 16.2 Å². The van der Waals surface area contributed by atoms with Crippen molar-refractivity contribution < 1.29 is 9.31 Å². The van der Waals surface area contributed by atoms with Gasteiger partial charge in [0.25, 0.3) is 5.69 Å². The number of nitrogens with two attached hydrogens (primary N) is 1. The van der Waals surface area contributed by atoms with Gasteiger partial charge in [0.1, 0.15) is 11.5 Å². The maximum Gasteiger partial charge on any atom is 0.295 e. The number of nitro benzene ring substituents is 1. The van der Waals surface area contributed by atoms with Crippen LogP contribution in [0, 0.1) is 21.8 Å². The molecule has 1 heterocycles. The summed E-state index contributed by atoms with van der Waals surface area (Å²) in [6, 6.07) is 2.49. The van der Waals surface area contributed by atoms with E-state index in [1.54, 1.807) is 0 Å². The summed E-state index contributed by atoms with van der Waals surface area (Å²) in [6.07, 6.45) is 1.84. The van der Waals surface area contributed by atoms with E-state index in [2.05, 4.69) is 22.9 Å². The standard InChI is InChI=1S/C13H17BrFN3O2/c1-8-2-3-17(9(4-8)7-16)12-5-10(14)11(15)6-13(12)18(19)20/h5-6,8-9H,2-4,7,16H2,1H3. The minimum absolute atomic E-state index is 0.0508. The lowest BCUT2D eigenvalue weighted by Gasteiger charge is -2.39. The third-order valence-electron chi connectivity index (χ3n) is 3.77. The quantitative estimate of drug-likeness (QED) is 0.674. The summed E-state index contributed by atoms with van der Waals surface area (Å²) in [5.41, 5.74) is 6.02. The van der Waals surface area contributed by atoms with Gasteiger partial charge in [0, 0.05) is 19.1 Å².